The Hall–Kier alpha value is -9.80. The zero-order valence-electron chi connectivity index (χ0n) is 54.7. The fourth-order valence-electron chi connectivity index (χ4n) is 9.05. The minimum Gasteiger partial charge on any atom is -0.465 e. The monoisotopic (exact) mass is 1400 g/mol. The van der Waals surface area contributed by atoms with Gasteiger partial charge in [0.2, 0.25) is 95.0 Å². The van der Waals surface area contributed by atoms with Gasteiger partial charge in [0.05, 0.1) is 38.8 Å². The van der Waals surface area contributed by atoms with Crippen LogP contribution >= 0.6 is 12.6 Å². The molecule has 18 amide bonds. The Labute approximate surface area is 564 Å². The van der Waals surface area contributed by atoms with Crippen molar-refractivity contribution in [1.29, 1.82) is 0 Å². The number of rotatable bonds is 52. The van der Waals surface area contributed by atoms with Gasteiger partial charge in [-0.3, -0.25) is 91.2 Å². The normalized spacial score (nSPS) is 12.9. The van der Waals surface area contributed by atoms with Crippen molar-refractivity contribution in [3.05, 3.63) is 0 Å². The highest BCUT2D eigenvalue weighted by Crippen LogP contribution is 2.13. The molecule has 0 bridgehead atoms. The molecule has 0 radical (unpaired) electrons. The van der Waals surface area contributed by atoms with Crippen LogP contribution in [0, 0.1) is 11.8 Å². The lowest BCUT2D eigenvalue weighted by Crippen LogP contribution is -2.56. The first kappa shape index (κ1) is 87.2. The fraction of sp³-hybridized carbons (Fsp3) is 0.661. The summed E-state index contributed by atoms with van der Waals surface area (Å²) in [6.45, 7) is -2.24. The second-order valence-electron chi connectivity index (χ2n) is 23.2. The van der Waals surface area contributed by atoms with E-state index in [1.54, 1.807) is 6.92 Å². The van der Waals surface area contributed by atoms with Gasteiger partial charge in [0.15, 0.2) is 5.78 Å². The Morgan fingerprint density at radius 1 is 0.454 bits per heavy atom. The van der Waals surface area contributed by atoms with Gasteiger partial charge in [-0.2, -0.15) is 0 Å². The van der Waals surface area contributed by atoms with Crippen molar-refractivity contribution in [3.8, 4) is 0 Å². The van der Waals surface area contributed by atoms with Crippen molar-refractivity contribution >= 4 is 125 Å². The smallest absolute Gasteiger partial charge is 0.407 e. The summed E-state index contributed by atoms with van der Waals surface area (Å²) in [5, 5.41) is 36.4. The average molecular weight is 1400 g/mol. The molecule has 0 aliphatic rings. The molecule has 0 aliphatic heterocycles. The third kappa shape index (κ3) is 40.3. The predicted octanol–water partition coefficient (Wildman–Crippen LogP) is -9.12. The maximum absolute atomic E-state index is 14.0. The van der Waals surface area contributed by atoms with E-state index in [1.807, 2.05) is 13.8 Å². The second-order valence-corrected chi connectivity index (χ2v) is 23.6. The number of primary amides is 6. The number of ketones is 1. The van der Waals surface area contributed by atoms with Crippen LogP contribution in [0.1, 0.15) is 105 Å². The van der Waals surface area contributed by atoms with E-state index in [2.05, 4.69) is 49.8 Å². The number of nitrogens with two attached hydrogens (primary N) is 7. The highest BCUT2D eigenvalue weighted by molar-refractivity contribution is 7.96. The van der Waals surface area contributed by atoms with E-state index >= 15 is 0 Å². The Morgan fingerprint density at radius 2 is 0.845 bits per heavy atom. The topological polar surface area (TPSA) is 647 Å². The summed E-state index contributed by atoms with van der Waals surface area (Å²) in [6, 6.07) is -7.23. The van der Waals surface area contributed by atoms with Crippen molar-refractivity contribution in [2.45, 2.75) is 141 Å². The summed E-state index contributed by atoms with van der Waals surface area (Å²) in [7, 11) is 0. The molecule has 0 saturated carbocycles. The van der Waals surface area contributed by atoms with Crippen LogP contribution in [-0.2, 0) is 81.5 Å². The van der Waals surface area contributed by atoms with Gasteiger partial charge in [0.1, 0.15) is 38.4 Å². The SMILES string of the molecule is CCC(C)C(=O)[C@@H](CN(CC(=O)N[C@@H](CCC(N)=O)CN(C=O)CC(=O)N[C@@H](CCC(N)=O)CN(CC(=O)N[C@@H](CCC(C)C)CN(CC(=O)N[C@@H](CO)CN(CC(=O)N[C@H](CN)CCC(N)=O)C(=O)S)C(=O)O)C(=O)CC(N)=O)C(=O)CC(N)=O)NC(=O)CNC(=O)CC(N)=O. The average Bonchev–Trinajstić information content (AvgIpc) is 0.908. The highest BCUT2D eigenvalue weighted by atomic mass is 32.1. The van der Waals surface area contributed by atoms with E-state index in [0.717, 1.165) is 14.7 Å². The zero-order valence-corrected chi connectivity index (χ0v) is 55.6. The maximum Gasteiger partial charge on any atom is 0.407 e. The minimum atomic E-state index is -1.66. The third-order valence-corrected chi connectivity index (χ3v) is 14.4. The van der Waals surface area contributed by atoms with E-state index in [4.69, 9.17) is 40.1 Å². The molecule has 546 valence electrons. The molecular formula is C56H95N19O21S. The summed E-state index contributed by atoms with van der Waals surface area (Å²) < 4.78 is 0. The van der Waals surface area contributed by atoms with E-state index < -0.39 is 259 Å². The number of amides is 18. The number of thiol groups is 1. The van der Waals surface area contributed by atoms with Gasteiger partial charge in [-0.25, -0.2) is 4.79 Å². The van der Waals surface area contributed by atoms with Gasteiger partial charge in [-0.15, -0.1) is 0 Å². The van der Waals surface area contributed by atoms with Gasteiger partial charge in [0, 0.05) is 88.6 Å². The lowest BCUT2D eigenvalue weighted by Gasteiger charge is -2.31. The van der Waals surface area contributed by atoms with Crippen molar-refractivity contribution in [3.63, 3.8) is 0 Å². The van der Waals surface area contributed by atoms with E-state index in [9.17, 15) is 101 Å². The molecular weight excluding hydrogens is 1310 g/mol. The Morgan fingerprint density at radius 3 is 1.26 bits per heavy atom. The van der Waals surface area contributed by atoms with Crippen LogP contribution in [0.15, 0.2) is 0 Å². The third-order valence-electron chi connectivity index (χ3n) is 14.1. The highest BCUT2D eigenvalue weighted by Gasteiger charge is 2.33. The Kier molecular flexibility index (Phi) is 41.7. The van der Waals surface area contributed by atoms with Crippen LogP contribution in [0.5, 0.6) is 0 Å². The number of carboxylic acid groups (broad SMARTS) is 1. The van der Waals surface area contributed by atoms with E-state index in [1.165, 1.54) is 6.92 Å². The summed E-state index contributed by atoms with van der Waals surface area (Å²) in [5.74, 6) is -16.1. The number of hydrogen-bond acceptors (Lipinski definition) is 21. The number of hydrogen-bond donors (Lipinski definition) is 17. The standard InChI is InChI=1S/C56H95N19O21S/c1-5-32(4)54(93)38(70-46(85)18-64-45(84)14-42(61)81)23-73(53(92)16-44(63)83)26-49(88)66-34(9-12-40(59)79)19-71(30-77)24-47(86)67-36(10-13-41(60)80)20-72(52(91)15-43(62)82)25-48(87)68-35(7-6-31(2)3)21-74(55(94)95)27-50(89)69-37(29-76)22-75(56(96)97)28-51(90)65-33(17-57)8-11-39(58)78/h30-38,76H,5-29,57H2,1-4H3,(H2,58,78)(H2,59,79)(H2,60,80)(H2,61,81)(H2,62,82)(H2,63,83)(H,64,84)(H,65,90)(H,66,88)(H,67,86)(H,68,87)(H,69,89)(H,70,85)(H,94,95)(H,96,97)/t32?,33-,34-,35-,36-,37+,38+/m0/s1. The number of nitrogens with one attached hydrogen (secondary N) is 7. The molecule has 41 heteroatoms. The predicted molar refractivity (Wildman–Crippen MR) is 342 cm³/mol. The number of carbonyl (C=O) groups is 19. The number of aliphatic hydroxyl groups excluding tert-OH is 1. The molecule has 0 spiro atoms. The van der Waals surface area contributed by atoms with Crippen LogP contribution in [0.3, 0.4) is 0 Å². The number of carbonyl (C=O) groups excluding carboxylic acids is 18. The van der Waals surface area contributed by atoms with Crippen molar-refractivity contribution in [1.82, 2.24) is 61.7 Å². The van der Waals surface area contributed by atoms with Gasteiger partial charge in [-0.05, 0) is 44.4 Å². The van der Waals surface area contributed by atoms with Gasteiger partial charge < -0.3 is 107 Å². The Balaban J connectivity index is 6.77. The first-order valence-electron chi connectivity index (χ1n) is 30.6. The lowest BCUT2D eigenvalue weighted by atomic mass is 9.96. The van der Waals surface area contributed by atoms with Gasteiger partial charge >= 0.3 is 6.09 Å². The summed E-state index contributed by atoms with van der Waals surface area (Å²) in [5.41, 5.74) is 37.3. The first-order chi connectivity index (χ1) is 45.3. The Bertz CT molecular complexity index is 2800. The van der Waals surface area contributed by atoms with Gasteiger partial charge in [-0.1, -0.05) is 40.3 Å². The quantitative estimate of drug-likeness (QED) is 0.0153. The maximum atomic E-state index is 14.0. The molecule has 23 N–H and O–H groups in total. The lowest BCUT2D eigenvalue weighted by molar-refractivity contribution is -0.141. The molecule has 0 aliphatic carbocycles. The zero-order chi connectivity index (χ0) is 74.2. The van der Waals surface area contributed by atoms with Crippen LogP contribution in [0.25, 0.3) is 0 Å². The number of Topliss-reactive ketones (excluding diaryl/α,β-unsaturated/α-hetero) is 1. The molecule has 97 heavy (non-hydrogen) atoms. The van der Waals surface area contributed by atoms with Crippen molar-refractivity contribution < 1.29 is 101 Å². The largest absolute Gasteiger partial charge is 0.465 e. The minimum absolute atomic E-state index is 0.0431. The molecule has 0 fully saturated rings. The summed E-state index contributed by atoms with van der Waals surface area (Å²) in [4.78, 5) is 245. The molecule has 0 heterocycles. The van der Waals surface area contributed by atoms with E-state index in [-0.39, 0.29) is 57.4 Å². The molecule has 0 aromatic heterocycles. The van der Waals surface area contributed by atoms with Crippen LogP contribution in [-0.4, -0.2) is 268 Å². The molecule has 1 unspecified atom stereocenters. The van der Waals surface area contributed by atoms with Crippen molar-refractivity contribution in [2.75, 3.05) is 85.1 Å². The van der Waals surface area contributed by atoms with Crippen molar-refractivity contribution in [2.24, 2.45) is 52.0 Å². The summed E-state index contributed by atoms with van der Waals surface area (Å²) in [6.07, 6.45) is -5.18. The number of nitrogens with zero attached hydrogens (tertiary/aromatic N) is 5. The van der Waals surface area contributed by atoms with Crippen LogP contribution < -0.4 is 77.4 Å². The van der Waals surface area contributed by atoms with Gasteiger partial charge in [0.25, 0.3) is 5.24 Å². The fourth-order valence-corrected chi connectivity index (χ4v) is 9.20. The second kappa shape index (κ2) is 46.3. The molecule has 40 nitrogen and oxygen atoms in total. The molecule has 0 aromatic rings. The van der Waals surface area contributed by atoms with Crippen LogP contribution in [0.4, 0.5) is 9.59 Å². The van der Waals surface area contributed by atoms with Crippen LogP contribution in [0.2, 0.25) is 0 Å². The molecule has 0 saturated heterocycles. The molecule has 0 rings (SSSR count). The molecule has 0 aromatic carbocycles. The number of aliphatic hydroxyl groups is 1. The first-order valence-corrected chi connectivity index (χ1v) is 31.0. The summed E-state index contributed by atoms with van der Waals surface area (Å²) >= 11 is 3.77. The molecule has 7 atom stereocenters. The van der Waals surface area contributed by atoms with E-state index in [0.29, 0.717) is 16.2 Å².